The smallest absolute Gasteiger partial charge is 0.255 e. The first-order valence-corrected chi connectivity index (χ1v) is 14.9. The van der Waals surface area contributed by atoms with Crippen LogP contribution in [-0.4, -0.2) is 70.9 Å². The van der Waals surface area contributed by atoms with Gasteiger partial charge in [0.1, 0.15) is 0 Å². The molecule has 1 fully saturated rings. The molecule has 0 saturated carbocycles. The Labute approximate surface area is 240 Å². The third kappa shape index (κ3) is 7.55. The largest absolute Gasteiger partial charge is 0.493 e. The molecule has 4 rings (SSSR count). The summed E-state index contributed by atoms with van der Waals surface area (Å²) in [6, 6.07) is 9.88. The second-order valence-electron chi connectivity index (χ2n) is 10.6. The minimum atomic E-state index is -3.61. The lowest BCUT2D eigenvalue weighted by Gasteiger charge is -2.27. The van der Waals surface area contributed by atoms with Crippen LogP contribution in [0.15, 0.2) is 42.6 Å². The summed E-state index contributed by atoms with van der Waals surface area (Å²) < 4.78 is 43.6. The molecule has 41 heavy (non-hydrogen) atoms. The summed E-state index contributed by atoms with van der Waals surface area (Å²) in [6.45, 7) is 9.20. The summed E-state index contributed by atoms with van der Waals surface area (Å²) in [4.78, 5) is 24.4. The fourth-order valence-corrected chi connectivity index (χ4v) is 4.81. The van der Waals surface area contributed by atoms with E-state index < -0.39 is 15.9 Å². The Hall–Kier alpha value is -4.10. The summed E-state index contributed by atoms with van der Waals surface area (Å²) in [7, 11) is -0.698. The van der Waals surface area contributed by atoms with E-state index in [2.05, 4.69) is 30.2 Å². The Morgan fingerprint density at radius 2 is 1.71 bits per heavy atom. The van der Waals surface area contributed by atoms with Crippen LogP contribution in [0.5, 0.6) is 23.1 Å². The number of carbonyl (C=O) groups is 1. The molecule has 0 aliphatic carbocycles. The lowest BCUT2D eigenvalue weighted by molar-refractivity contribution is 0.102. The lowest BCUT2D eigenvalue weighted by atomic mass is 9.86. The molecule has 3 aromatic rings. The van der Waals surface area contributed by atoms with Crippen LogP contribution in [0.2, 0.25) is 0 Å². The Morgan fingerprint density at radius 1 is 1.00 bits per heavy atom. The average Bonchev–Trinajstić information content (AvgIpc) is 2.92. The molecule has 1 amide bonds. The fraction of sp³-hybridized carbons (Fsp3) is 0.393. The number of anilines is 3. The van der Waals surface area contributed by atoms with Crippen molar-refractivity contribution in [2.45, 2.75) is 26.2 Å². The number of aromatic nitrogens is 2. The minimum absolute atomic E-state index is 0.184. The number of nitrogens with one attached hydrogen (secondary N) is 3. The highest BCUT2D eigenvalue weighted by Gasteiger charge is 2.23. The lowest BCUT2D eigenvalue weighted by Crippen LogP contribution is -2.44. The van der Waals surface area contributed by atoms with Crippen molar-refractivity contribution in [1.82, 2.24) is 15.3 Å². The van der Waals surface area contributed by atoms with Gasteiger partial charge in [-0.3, -0.25) is 9.52 Å². The number of nitrogens with zero attached hydrogens (tertiary/aromatic N) is 3. The second kappa shape index (κ2) is 12.2. The molecule has 2 aromatic carbocycles. The molecule has 0 radical (unpaired) electrons. The number of carbonyl (C=O) groups excluding carboxylic acids is 1. The molecule has 1 aromatic heterocycles. The number of benzene rings is 2. The van der Waals surface area contributed by atoms with Gasteiger partial charge in [-0.2, -0.15) is 4.98 Å². The van der Waals surface area contributed by atoms with E-state index in [9.17, 15) is 13.2 Å². The Balaban J connectivity index is 1.64. The van der Waals surface area contributed by atoms with Gasteiger partial charge < -0.3 is 29.7 Å². The molecule has 220 valence electrons. The summed E-state index contributed by atoms with van der Waals surface area (Å²) in [5.41, 5.74) is 1.26. The van der Waals surface area contributed by atoms with Crippen molar-refractivity contribution in [3.63, 3.8) is 0 Å². The standard InChI is InChI=1S/C28H36N6O6S/c1-28(2,3)19-16-20(25(39-5)21(17-19)33-41(6,36)37)31-26(35)18-7-8-22(38-4)23(15-18)40-24-9-10-30-27(32-24)34-13-11-29-12-14-34/h7-10,15-17,29,33H,11-14H2,1-6H3,(H,31,35). The van der Waals surface area contributed by atoms with Crippen molar-refractivity contribution in [1.29, 1.82) is 0 Å². The number of ether oxygens (including phenoxy) is 3. The molecule has 1 saturated heterocycles. The van der Waals surface area contributed by atoms with Crippen LogP contribution < -0.4 is 34.5 Å². The highest BCUT2D eigenvalue weighted by Crippen LogP contribution is 2.40. The molecule has 0 unspecified atom stereocenters. The molecule has 3 N–H and O–H groups in total. The van der Waals surface area contributed by atoms with Crippen molar-refractivity contribution in [2.75, 3.05) is 61.6 Å². The maximum absolute atomic E-state index is 13.5. The summed E-state index contributed by atoms with van der Waals surface area (Å²) in [5, 5.41) is 6.16. The molecule has 12 nitrogen and oxygen atoms in total. The van der Waals surface area contributed by atoms with Crippen LogP contribution in [0, 0.1) is 0 Å². The maximum Gasteiger partial charge on any atom is 0.255 e. The van der Waals surface area contributed by atoms with Crippen molar-refractivity contribution in [2.24, 2.45) is 0 Å². The summed E-state index contributed by atoms with van der Waals surface area (Å²) in [6.07, 6.45) is 2.68. The molecular weight excluding hydrogens is 548 g/mol. The summed E-state index contributed by atoms with van der Waals surface area (Å²) >= 11 is 0. The fourth-order valence-electron chi connectivity index (χ4n) is 4.26. The third-order valence-electron chi connectivity index (χ3n) is 6.36. The topological polar surface area (TPSA) is 144 Å². The molecule has 1 aliphatic heterocycles. The predicted octanol–water partition coefficient (Wildman–Crippen LogP) is 3.62. The average molecular weight is 585 g/mol. The molecule has 13 heteroatoms. The second-order valence-corrected chi connectivity index (χ2v) is 12.3. The van der Waals surface area contributed by atoms with E-state index in [1.807, 2.05) is 20.8 Å². The van der Waals surface area contributed by atoms with Crippen molar-refractivity contribution >= 4 is 33.3 Å². The van der Waals surface area contributed by atoms with Gasteiger partial charge in [0.05, 0.1) is 31.9 Å². The highest BCUT2D eigenvalue weighted by atomic mass is 32.2. The van der Waals surface area contributed by atoms with Crippen LogP contribution in [-0.2, 0) is 15.4 Å². The van der Waals surface area contributed by atoms with Gasteiger partial charge in [0, 0.05) is 44.0 Å². The number of rotatable bonds is 9. The van der Waals surface area contributed by atoms with E-state index in [0.717, 1.165) is 38.0 Å². The number of hydrogen-bond donors (Lipinski definition) is 3. The summed E-state index contributed by atoms with van der Waals surface area (Å²) in [5.74, 6) is 1.29. The van der Waals surface area contributed by atoms with E-state index in [4.69, 9.17) is 14.2 Å². The van der Waals surface area contributed by atoms with Gasteiger partial charge in [-0.05, 0) is 41.3 Å². The van der Waals surface area contributed by atoms with Crippen LogP contribution in [0.1, 0.15) is 36.7 Å². The van der Waals surface area contributed by atoms with Gasteiger partial charge in [0.25, 0.3) is 5.91 Å². The number of hydrogen-bond acceptors (Lipinski definition) is 10. The van der Waals surface area contributed by atoms with Gasteiger partial charge in [-0.15, -0.1) is 0 Å². The van der Waals surface area contributed by atoms with Crippen LogP contribution in [0.4, 0.5) is 17.3 Å². The van der Waals surface area contributed by atoms with Crippen molar-refractivity contribution < 1.29 is 27.4 Å². The molecule has 0 atom stereocenters. The van der Waals surface area contributed by atoms with Crippen LogP contribution in [0.25, 0.3) is 0 Å². The van der Waals surface area contributed by atoms with Gasteiger partial charge in [-0.1, -0.05) is 20.8 Å². The normalized spacial score (nSPS) is 13.9. The Kier molecular flexibility index (Phi) is 8.88. The van der Waals surface area contributed by atoms with Crippen LogP contribution in [0.3, 0.4) is 0 Å². The highest BCUT2D eigenvalue weighted by molar-refractivity contribution is 7.92. The SMILES string of the molecule is COc1ccc(C(=O)Nc2cc(C(C)(C)C)cc(NS(C)(=O)=O)c2OC)cc1Oc1ccnc(N2CCNCC2)n1. The number of sulfonamides is 1. The van der Waals surface area contributed by atoms with Gasteiger partial charge in [0.15, 0.2) is 17.2 Å². The Bertz CT molecular complexity index is 1520. The van der Waals surface area contributed by atoms with Gasteiger partial charge >= 0.3 is 0 Å². The maximum atomic E-state index is 13.5. The molecule has 2 heterocycles. The molecule has 0 spiro atoms. The van der Waals surface area contributed by atoms with Crippen molar-refractivity contribution in [3.05, 3.63) is 53.7 Å². The minimum Gasteiger partial charge on any atom is -0.493 e. The van der Waals surface area contributed by atoms with E-state index in [1.165, 1.54) is 14.2 Å². The van der Waals surface area contributed by atoms with E-state index in [1.54, 1.807) is 42.6 Å². The third-order valence-corrected chi connectivity index (χ3v) is 6.95. The van der Waals surface area contributed by atoms with Gasteiger partial charge in [-0.25, -0.2) is 13.4 Å². The number of methoxy groups -OCH3 is 2. The zero-order valence-corrected chi connectivity index (χ0v) is 24.9. The van der Waals surface area contributed by atoms with E-state index in [-0.39, 0.29) is 22.4 Å². The zero-order valence-electron chi connectivity index (χ0n) is 24.1. The van der Waals surface area contributed by atoms with Gasteiger partial charge in [0.2, 0.25) is 21.9 Å². The first kappa shape index (κ1) is 29.9. The predicted molar refractivity (Wildman–Crippen MR) is 158 cm³/mol. The van der Waals surface area contributed by atoms with E-state index in [0.29, 0.717) is 29.0 Å². The first-order chi connectivity index (χ1) is 19.4. The monoisotopic (exact) mass is 584 g/mol. The number of piperazine rings is 1. The number of amides is 1. The quantitative estimate of drug-likeness (QED) is 0.341. The molecule has 0 bridgehead atoms. The first-order valence-electron chi connectivity index (χ1n) is 13.0. The Morgan fingerprint density at radius 3 is 2.34 bits per heavy atom. The van der Waals surface area contributed by atoms with Crippen LogP contribution >= 0.6 is 0 Å². The van der Waals surface area contributed by atoms with E-state index >= 15 is 0 Å². The molecular formula is C28H36N6O6S. The van der Waals surface area contributed by atoms with Crippen molar-refractivity contribution in [3.8, 4) is 23.1 Å². The molecule has 1 aliphatic rings. The zero-order chi connectivity index (χ0) is 29.8.